The summed E-state index contributed by atoms with van der Waals surface area (Å²) in [5.41, 5.74) is 0.149. The molecule has 0 bridgehead atoms. The van der Waals surface area contributed by atoms with Gasteiger partial charge in [0, 0.05) is 14.1 Å². The average Bonchev–Trinajstić information content (AvgIpc) is 2.62. The molecule has 0 saturated heterocycles. The molecule has 2 aromatic carbocycles. The Kier molecular flexibility index (Phi) is 6.24. The van der Waals surface area contributed by atoms with E-state index in [0.717, 1.165) is 4.31 Å². The van der Waals surface area contributed by atoms with Crippen molar-refractivity contribution < 1.29 is 26.4 Å². The number of ether oxygens (including phenoxy) is 1. The third-order valence-corrected chi connectivity index (χ3v) is 6.79. The Morgan fingerprint density at radius 2 is 1.52 bits per heavy atom. The summed E-state index contributed by atoms with van der Waals surface area (Å²) in [5.74, 6) is -0.650. The molecule has 0 fully saturated rings. The van der Waals surface area contributed by atoms with E-state index in [9.17, 15) is 21.6 Å². The molecule has 0 aliphatic heterocycles. The van der Waals surface area contributed by atoms with E-state index in [1.54, 1.807) is 19.1 Å². The predicted molar refractivity (Wildman–Crippen MR) is 101 cm³/mol. The molecule has 8 nitrogen and oxygen atoms in total. The van der Waals surface area contributed by atoms with E-state index in [2.05, 4.69) is 4.72 Å². The highest BCUT2D eigenvalue weighted by Crippen LogP contribution is 2.22. The first-order valence-corrected chi connectivity index (χ1v) is 10.8. The normalized spacial score (nSPS) is 12.0. The summed E-state index contributed by atoms with van der Waals surface area (Å²) in [6.07, 6.45) is 0. The highest BCUT2D eigenvalue weighted by atomic mass is 32.2. The molecule has 0 aliphatic rings. The van der Waals surface area contributed by atoms with E-state index in [-0.39, 0.29) is 27.6 Å². The van der Waals surface area contributed by atoms with Crippen molar-refractivity contribution in [3.63, 3.8) is 0 Å². The standard InChI is InChI=1S/C17H20N2O6S2/c1-4-25-17(20)15-7-5-6-8-16(15)18-26(21,22)13-9-11-14(12-10-13)27(23,24)19(2)3/h5-12,18H,4H2,1-3H3. The minimum atomic E-state index is -4.03. The van der Waals surface area contributed by atoms with Gasteiger partial charge in [0.15, 0.2) is 0 Å². The third kappa shape index (κ3) is 4.65. The zero-order valence-electron chi connectivity index (χ0n) is 15.0. The molecule has 0 saturated carbocycles. The summed E-state index contributed by atoms with van der Waals surface area (Å²) in [7, 11) is -4.93. The summed E-state index contributed by atoms with van der Waals surface area (Å²) >= 11 is 0. The van der Waals surface area contributed by atoms with Gasteiger partial charge in [0.2, 0.25) is 10.0 Å². The van der Waals surface area contributed by atoms with E-state index < -0.39 is 26.0 Å². The highest BCUT2D eigenvalue weighted by Gasteiger charge is 2.21. The van der Waals surface area contributed by atoms with E-state index in [1.807, 2.05) is 0 Å². The molecule has 0 atom stereocenters. The number of hydrogen-bond donors (Lipinski definition) is 1. The van der Waals surface area contributed by atoms with Crippen molar-refractivity contribution in [2.75, 3.05) is 25.4 Å². The van der Waals surface area contributed by atoms with Crippen molar-refractivity contribution in [3.05, 3.63) is 54.1 Å². The smallest absolute Gasteiger partial charge is 0.340 e. The van der Waals surface area contributed by atoms with Gasteiger partial charge in [-0.1, -0.05) is 12.1 Å². The molecule has 0 aromatic heterocycles. The zero-order valence-corrected chi connectivity index (χ0v) is 16.7. The number of rotatable bonds is 7. The number of benzene rings is 2. The highest BCUT2D eigenvalue weighted by molar-refractivity contribution is 7.92. The van der Waals surface area contributed by atoms with Crippen molar-refractivity contribution in [1.82, 2.24) is 4.31 Å². The van der Waals surface area contributed by atoms with E-state index in [1.165, 1.54) is 50.5 Å². The topological polar surface area (TPSA) is 110 Å². The maximum Gasteiger partial charge on any atom is 0.340 e. The van der Waals surface area contributed by atoms with Gasteiger partial charge in [0.05, 0.1) is 27.6 Å². The van der Waals surface area contributed by atoms with Crippen molar-refractivity contribution in [2.24, 2.45) is 0 Å². The van der Waals surface area contributed by atoms with Crippen LogP contribution in [0, 0.1) is 0 Å². The van der Waals surface area contributed by atoms with Gasteiger partial charge in [0.1, 0.15) is 0 Å². The number of esters is 1. The Bertz CT molecular complexity index is 1030. The first-order valence-electron chi connectivity index (χ1n) is 7.91. The number of para-hydroxylation sites is 1. The molecule has 0 amide bonds. The van der Waals surface area contributed by atoms with Crippen molar-refractivity contribution in [3.8, 4) is 0 Å². The minimum absolute atomic E-state index is 0.0293. The fraction of sp³-hybridized carbons (Fsp3) is 0.235. The molecule has 27 heavy (non-hydrogen) atoms. The van der Waals surface area contributed by atoms with Gasteiger partial charge in [-0.3, -0.25) is 4.72 Å². The molecule has 10 heteroatoms. The lowest BCUT2D eigenvalue weighted by Gasteiger charge is -2.13. The van der Waals surface area contributed by atoms with Crippen LogP contribution in [-0.4, -0.2) is 47.8 Å². The molecule has 2 aromatic rings. The average molecular weight is 412 g/mol. The Labute approximate surface area is 158 Å². The Hall–Kier alpha value is -2.43. The summed E-state index contributed by atoms with van der Waals surface area (Å²) in [6.45, 7) is 1.80. The summed E-state index contributed by atoms with van der Waals surface area (Å²) < 4.78 is 57.6. The van der Waals surface area contributed by atoms with Gasteiger partial charge in [0.25, 0.3) is 10.0 Å². The van der Waals surface area contributed by atoms with E-state index >= 15 is 0 Å². The van der Waals surface area contributed by atoms with Gasteiger partial charge in [-0.05, 0) is 43.3 Å². The number of carbonyl (C=O) groups is 1. The van der Waals surface area contributed by atoms with E-state index in [4.69, 9.17) is 4.74 Å². The Balaban J connectivity index is 2.35. The minimum Gasteiger partial charge on any atom is -0.462 e. The fourth-order valence-electron chi connectivity index (χ4n) is 2.16. The Morgan fingerprint density at radius 3 is 2.07 bits per heavy atom. The van der Waals surface area contributed by atoms with Crippen LogP contribution in [-0.2, 0) is 24.8 Å². The lowest BCUT2D eigenvalue weighted by Crippen LogP contribution is -2.22. The molecular formula is C17H20N2O6S2. The van der Waals surface area contributed by atoms with Crippen LogP contribution >= 0.6 is 0 Å². The van der Waals surface area contributed by atoms with Crippen molar-refractivity contribution >= 4 is 31.7 Å². The first kappa shape index (κ1) is 20.9. The predicted octanol–water partition coefficient (Wildman–Crippen LogP) is 1.91. The van der Waals surface area contributed by atoms with Crippen LogP contribution in [0.3, 0.4) is 0 Å². The van der Waals surface area contributed by atoms with Crippen LogP contribution in [0.15, 0.2) is 58.3 Å². The monoisotopic (exact) mass is 412 g/mol. The summed E-state index contributed by atoms with van der Waals surface area (Å²) in [6, 6.07) is 10.8. The van der Waals surface area contributed by atoms with Crippen LogP contribution in [0.4, 0.5) is 5.69 Å². The van der Waals surface area contributed by atoms with Crippen LogP contribution in [0.1, 0.15) is 17.3 Å². The van der Waals surface area contributed by atoms with E-state index in [0.29, 0.717) is 0 Å². The molecule has 1 N–H and O–H groups in total. The molecule has 2 rings (SSSR count). The SMILES string of the molecule is CCOC(=O)c1ccccc1NS(=O)(=O)c1ccc(S(=O)(=O)N(C)C)cc1. The molecule has 0 radical (unpaired) electrons. The third-order valence-electron chi connectivity index (χ3n) is 3.58. The number of anilines is 1. The molecule has 146 valence electrons. The molecule has 0 heterocycles. The van der Waals surface area contributed by atoms with Gasteiger partial charge >= 0.3 is 5.97 Å². The van der Waals surface area contributed by atoms with Gasteiger partial charge in [-0.2, -0.15) is 0 Å². The van der Waals surface area contributed by atoms with Crippen LogP contribution in [0.2, 0.25) is 0 Å². The fourth-order valence-corrected chi connectivity index (χ4v) is 4.15. The largest absolute Gasteiger partial charge is 0.462 e. The number of sulfonamides is 2. The van der Waals surface area contributed by atoms with Crippen LogP contribution < -0.4 is 4.72 Å². The quantitative estimate of drug-likeness (QED) is 0.696. The second-order valence-corrected chi connectivity index (χ2v) is 9.46. The first-order chi connectivity index (χ1) is 12.6. The molecule has 0 aliphatic carbocycles. The molecular weight excluding hydrogens is 392 g/mol. The van der Waals surface area contributed by atoms with Crippen molar-refractivity contribution in [2.45, 2.75) is 16.7 Å². The number of hydrogen-bond acceptors (Lipinski definition) is 6. The molecule has 0 spiro atoms. The molecule has 0 unspecified atom stereocenters. The lowest BCUT2D eigenvalue weighted by atomic mass is 10.2. The lowest BCUT2D eigenvalue weighted by molar-refractivity contribution is 0.0527. The van der Waals surface area contributed by atoms with Gasteiger partial charge < -0.3 is 4.74 Å². The second kappa shape index (κ2) is 8.07. The zero-order chi connectivity index (χ0) is 20.2. The number of carbonyl (C=O) groups excluding carboxylic acids is 1. The van der Waals surface area contributed by atoms with Gasteiger partial charge in [-0.25, -0.2) is 25.9 Å². The van der Waals surface area contributed by atoms with Crippen LogP contribution in [0.25, 0.3) is 0 Å². The summed E-state index contributed by atoms with van der Waals surface area (Å²) in [5, 5.41) is 0. The number of nitrogens with one attached hydrogen (secondary N) is 1. The Morgan fingerprint density at radius 1 is 0.963 bits per heavy atom. The summed E-state index contributed by atoms with van der Waals surface area (Å²) in [4.78, 5) is 11.8. The van der Waals surface area contributed by atoms with Gasteiger partial charge in [-0.15, -0.1) is 0 Å². The second-order valence-electron chi connectivity index (χ2n) is 5.63. The maximum atomic E-state index is 12.6. The van der Waals surface area contributed by atoms with Crippen LogP contribution in [0.5, 0.6) is 0 Å². The van der Waals surface area contributed by atoms with Crippen molar-refractivity contribution in [1.29, 1.82) is 0 Å². The maximum absolute atomic E-state index is 12.6. The number of nitrogens with zero attached hydrogens (tertiary/aromatic N) is 1.